The summed E-state index contributed by atoms with van der Waals surface area (Å²) >= 11 is 0. The van der Waals surface area contributed by atoms with Crippen LogP contribution in [-0.4, -0.2) is 15.9 Å². The Labute approximate surface area is 149 Å². The molecule has 2 aromatic carbocycles. The summed E-state index contributed by atoms with van der Waals surface area (Å²) in [5.41, 5.74) is 2.15. The van der Waals surface area contributed by atoms with Crippen LogP contribution in [0.25, 0.3) is 0 Å². The van der Waals surface area contributed by atoms with Crippen LogP contribution in [0.15, 0.2) is 54.7 Å². The first kappa shape index (κ1) is 17.5. The summed E-state index contributed by atoms with van der Waals surface area (Å²) in [7, 11) is 0. The number of anilines is 2. The lowest BCUT2D eigenvalue weighted by Gasteiger charge is -2.09. The maximum atomic E-state index is 13.7. The maximum Gasteiger partial charge on any atom is 0.274 e. The van der Waals surface area contributed by atoms with E-state index in [9.17, 15) is 13.6 Å². The molecule has 1 aromatic heterocycles. The predicted octanol–water partition coefficient (Wildman–Crippen LogP) is 3.93. The molecule has 0 aliphatic heterocycles. The number of amides is 1. The third-order valence-corrected chi connectivity index (χ3v) is 3.77. The van der Waals surface area contributed by atoms with Crippen molar-refractivity contribution in [3.63, 3.8) is 0 Å². The SMILES string of the molecule is Cc1ccccc1CNc1nccc(C(=O)Nc2ccc(F)cc2F)n1. The van der Waals surface area contributed by atoms with Gasteiger partial charge in [-0.1, -0.05) is 24.3 Å². The van der Waals surface area contributed by atoms with Gasteiger partial charge in [0.05, 0.1) is 5.69 Å². The van der Waals surface area contributed by atoms with E-state index in [4.69, 9.17) is 0 Å². The number of rotatable bonds is 5. The molecule has 0 saturated carbocycles. The lowest BCUT2D eigenvalue weighted by molar-refractivity contribution is 0.102. The average molecular weight is 354 g/mol. The monoisotopic (exact) mass is 354 g/mol. The van der Waals surface area contributed by atoms with Crippen molar-refractivity contribution in [3.05, 3.63) is 83.2 Å². The van der Waals surface area contributed by atoms with Gasteiger partial charge in [0.1, 0.15) is 17.3 Å². The van der Waals surface area contributed by atoms with E-state index in [-0.39, 0.29) is 17.3 Å². The van der Waals surface area contributed by atoms with Gasteiger partial charge in [-0.05, 0) is 36.2 Å². The van der Waals surface area contributed by atoms with E-state index in [1.807, 2.05) is 31.2 Å². The summed E-state index contributed by atoms with van der Waals surface area (Å²) in [6.45, 7) is 2.50. The molecule has 3 rings (SSSR count). The van der Waals surface area contributed by atoms with Gasteiger partial charge in [0.25, 0.3) is 5.91 Å². The van der Waals surface area contributed by atoms with Gasteiger partial charge in [-0.15, -0.1) is 0 Å². The second-order valence-corrected chi connectivity index (χ2v) is 5.62. The van der Waals surface area contributed by atoms with Crippen LogP contribution in [0.3, 0.4) is 0 Å². The fourth-order valence-corrected chi connectivity index (χ4v) is 2.33. The summed E-state index contributed by atoms with van der Waals surface area (Å²) in [4.78, 5) is 20.4. The number of benzene rings is 2. The summed E-state index contributed by atoms with van der Waals surface area (Å²) < 4.78 is 26.6. The average Bonchev–Trinajstić information content (AvgIpc) is 2.63. The predicted molar refractivity (Wildman–Crippen MR) is 94.8 cm³/mol. The number of hydrogen-bond donors (Lipinski definition) is 2. The normalized spacial score (nSPS) is 10.4. The fraction of sp³-hybridized carbons (Fsp3) is 0.105. The molecule has 1 heterocycles. The molecule has 0 saturated heterocycles. The summed E-state index contributed by atoms with van der Waals surface area (Å²) in [5, 5.41) is 5.42. The molecular weight excluding hydrogens is 338 g/mol. The Morgan fingerprint density at radius 1 is 1.12 bits per heavy atom. The standard InChI is InChI=1S/C19H16F2N4O/c1-12-4-2-3-5-13(12)11-23-19-22-9-8-17(25-19)18(26)24-16-7-6-14(20)10-15(16)21/h2-10H,11H2,1H3,(H,24,26)(H,22,23,25). The number of carbonyl (C=O) groups excluding carboxylic acids is 1. The van der Waals surface area contributed by atoms with Gasteiger partial charge < -0.3 is 10.6 Å². The molecule has 7 heteroatoms. The Balaban J connectivity index is 1.70. The van der Waals surface area contributed by atoms with Crippen molar-refractivity contribution in [1.29, 1.82) is 0 Å². The van der Waals surface area contributed by atoms with Crippen molar-refractivity contribution in [2.24, 2.45) is 0 Å². The van der Waals surface area contributed by atoms with Crippen LogP contribution in [-0.2, 0) is 6.54 Å². The number of aromatic nitrogens is 2. The van der Waals surface area contributed by atoms with Gasteiger partial charge in [0.15, 0.2) is 0 Å². The number of nitrogens with zero attached hydrogens (tertiary/aromatic N) is 2. The van der Waals surface area contributed by atoms with Gasteiger partial charge in [-0.3, -0.25) is 4.79 Å². The first-order valence-electron chi connectivity index (χ1n) is 7.91. The van der Waals surface area contributed by atoms with Crippen molar-refractivity contribution < 1.29 is 13.6 Å². The highest BCUT2D eigenvalue weighted by Gasteiger charge is 2.12. The van der Waals surface area contributed by atoms with Gasteiger partial charge in [0.2, 0.25) is 5.95 Å². The molecular formula is C19H16F2N4O. The molecule has 0 spiro atoms. The third kappa shape index (κ3) is 4.18. The summed E-state index contributed by atoms with van der Waals surface area (Å²) in [5.74, 6) is -1.91. The zero-order chi connectivity index (χ0) is 18.5. The molecule has 0 fully saturated rings. The highest BCUT2D eigenvalue weighted by atomic mass is 19.1. The van der Waals surface area contributed by atoms with E-state index in [2.05, 4.69) is 20.6 Å². The minimum atomic E-state index is -0.856. The van der Waals surface area contributed by atoms with Crippen molar-refractivity contribution >= 4 is 17.5 Å². The van der Waals surface area contributed by atoms with Crippen LogP contribution in [0, 0.1) is 18.6 Å². The zero-order valence-electron chi connectivity index (χ0n) is 14.0. The highest BCUT2D eigenvalue weighted by Crippen LogP contribution is 2.16. The smallest absolute Gasteiger partial charge is 0.274 e. The van der Waals surface area contributed by atoms with Gasteiger partial charge >= 0.3 is 0 Å². The molecule has 26 heavy (non-hydrogen) atoms. The molecule has 0 radical (unpaired) electrons. The Morgan fingerprint density at radius 3 is 2.69 bits per heavy atom. The number of carbonyl (C=O) groups is 1. The molecule has 2 N–H and O–H groups in total. The summed E-state index contributed by atoms with van der Waals surface area (Å²) in [6, 6.07) is 12.2. The molecule has 3 aromatic rings. The molecule has 0 aliphatic carbocycles. The van der Waals surface area contributed by atoms with Gasteiger partial charge in [-0.2, -0.15) is 0 Å². The number of halogens is 2. The van der Waals surface area contributed by atoms with Crippen molar-refractivity contribution in [3.8, 4) is 0 Å². The van der Waals surface area contributed by atoms with E-state index in [0.29, 0.717) is 12.6 Å². The Morgan fingerprint density at radius 2 is 1.92 bits per heavy atom. The van der Waals surface area contributed by atoms with E-state index in [1.54, 1.807) is 0 Å². The van der Waals surface area contributed by atoms with Crippen LogP contribution >= 0.6 is 0 Å². The van der Waals surface area contributed by atoms with Crippen LogP contribution in [0.1, 0.15) is 21.6 Å². The van der Waals surface area contributed by atoms with Crippen molar-refractivity contribution in [2.45, 2.75) is 13.5 Å². The first-order valence-corrected chi connectivity index (χ1v) is 7.91. The van der Waals surface area contributed by atoms with Crippen LogP contribution in [0.4, 0.5) is 20.4 Å². The lowest BCUT2D eigenvalue weighted by atomic mass is 10.1. The first-order chi connectivity index (χ1) is 12.5. The topological polar surface area (TPSA) is 66.9 Å². The largest absolute Gasteiger partial charge is 0.350 e. The fourth-order valence-electron chi connectivity index (χ4n) is 2.33. The van der Waals surface area contributed by atoms with Crippen molar-refractivity contribution in [2.75, 3.05) is 10.6 Å². The minimum absolute atomic E-state index is 0.0657. The maximum absolute atomic E-state index is 13.7. The Hall–Kier alpha value is -3.35. The minimum Gasteiger partial charge on any atom is -0.350 e. The number of nitrogens with one attached hydrogen (secondary N) is 2. The third-order valence-electron chi connectivity index (χ3n) is 3.77. The van der Waals surface area contributed by atoms with E-state index < -0.39 is 17.5 Å². The molecule has 0 aliphatic rings. The van der Waals surface area contributed by atoms with Gasteiger partial charge in [-0.25, -0.2) is 18.7 Å². The molecule has 0 unspecified atom stereocenters. The lowest BCUT2D eigenvalue weighted by Crippen LogP contribution is -2.16. The molecule has 0 bridgehead atoms. The molecule has 132 valence electrons. The van der Waals surface area contributed by atoms with Crippen LogP contribution in [0.5, 0.6) is 0 Å². The molecule has 5 nitrogen and oxygen atoms in total. The van der Waals surface area contributed by atoms with Gasteiger partial charge in [0, 0.05) is 18.8 Å². The zero-order valence-corrected chi connectivity index (χ0v) is 14.0. The second kappa shape index (κ2) is 7.69. The molecule has 0 atom stereocenters. The van der Waals surface area contributed by atoms with E-state index in [0.717, 1.165) is 23.3 Å². The quantitative estimate of drug-likeness (QED) is 0.729. The Kier molecular flexibility index (Phi) is 5.17. The number of hydrogen-bond acceptors (Lipinski definition) is 4. The van der Waals surface area contributed by atoms with Crippen LogP contribution in [0.2, 0.25) is 0 Å². The van der Waals surface area contributed by atoms with Crippen molar-refractivity contribution in [1.82, 2.24) is 9.97 Å². The van der Waals surface area contributed by atoms with E-state index >= 15 is 0 Å². The summed E-state index contributed by atoms with van der Waals surface area (Å²) in [6.07, 6.45) is 1.43. The Bertz CT molecular complexity index is 946. The van der Waals surface area contributed by atoms with Crippen LogP contribution < -0.4 is 10.6 Å². The highest BCUT2D eigenvalue weighted by molar-refractivity contribution is 6.03. The second-order valence-electron chi connectivity index (χ2n) is 5.62. The molecule has 1 amide bonds. The van der Waals surface area contributed by atoms with E-state index in [1.165, 1.54) is 12.3 Å². The number of aryl methyl sites for hydroxylation is 1.